The van der Waals surface area contributed by atoms with Gasteiger partial charge in [0, 0.05) is 12.6 Å². The maximum Gasteiger partial charge on any atom is 0.162 e. The fourth-order valence-corrected chi connectivity index (χ4v) is 1.95. The molecule has 0 aromatic heterocycles. The highest BCUT2D eigenvalue weighted by Gasteiger charge is 2.15. The van der Waals surface area contributed by atoms with Crippen molar-refractivity contribution in [1.29, 1.82) is 5.26 Å². The maximum absolute atomic E-state index is 13.3. The van der Waals surface area contributed by atoms with Crippen molar-refractivity contribution in [3.63, 3.8) is 0 Å². The molecule has 0 radical (unpaired) electrons. The van der Waals surface area contributed by atoms with Crippen molar-refractivity contribution in [3.8, 4) is 17.6 Å². The number of benzene rings is 2. The van der Waals surface area contributed by atoms with Gasteiger partial charge in [0.1, 0.15) is 11.9 Å². The number of nitriles is 1. The Bertz CT molecular complexity index is 668. The quantitative estimate of drug-likeness (QED) is 0.917. The summed E-state index contributed by atoms with van der Waals surface area (Å²) in [7, 11) is 1.49. The number of hydrogen-bond acceptors (Lipinski definition) is 4. The molecule has 0 aliphatic rings. The van der Waals surface area contributed by atoms with Crippen LogP contribution in [0.5, 0.6) is 11.5 Å². The molecule has 0 aliphatic heterocycles. The van der Waals surface area contributed by atoms with Crippen LogP contribution in [0.1, 0.15) is 17.2 Å². The van der Waals surface area contributed by atoms with Crippen molar-refractivity contribution in [2.75, 3.05) is 13.7 Å². The van der Waals surface area contributed by atoms with Crippen LogP contribution >= 0.6 is 0 Å². The summed E-state index contributed by atoms with van der Waals surface area (Å²) in [5.41, 5.74) is 6.82. The molecule has 0 aliphatic carbocycles. The van der Waals surface area contributed by atoms with Crippen LogP contribution in [-0.4, -0.2) is 13.7 Å². The van der Waals surface area contributed by atoms with Gasteiger partial charge in [0.15, 0.2) is 11.5 Å². The Morgan fingerprint density at radius 2 is 2.05 bits per heavy atom. The highest BCUT2D eigenvalue weighted by Crippen LogP contribution is 2.31. The van der Waals surface area contributed by atoms with Crippen molar-refractivity contribution in [2.24, 2.45) is 5.73 Å². The molecule has 0 saturated heterocycles. The number of hydrogen-bond donors (Lipinski definition) is 1. The second kappa shape index (κ2) is 6.73. The van der Waals surface area contributed by atoms with Gasteiger partial charge in [-0.3, -0.25) is 0 Å². The van der Waals surface area contributed by atoms with E-state index < -0.39 is 6.10 Å². The first kappa shape index (κ1) is 14.8. The SMILES string of the molecule is COc1cc(C#N)ccc1OC(CN)c1cccc(F)c1. The Balaban J connectivity index is 2.29. The molecule has 2 aromatic carbocycles. The van der Waals surface area contributed by atoms with E-state index in [1.165, 1.54) is 19.2 Å². The molecule has 0 fully saturated rings. The maximum atomic E-state index is 13.3. The Morgan fingerprint density at radius 1 is 1.24 bits per heavy atom. The largest absolute Gasteiger partial charge is 0.493 e. The Kier molecular flexibility index (Phi) is 4.75. The number of ether oxygens (including phenoxy) is 2. The number of rotatable bonds is 5. The standard InChI is InChI=1S/C16H15FN2O2/c1-20-15-7-11(9-18)5-6-14(15)21-16(10-19)12-3-2-4-13(17)8-12/h2-8,16H,10,19H2,1H3. The summed E-state index contributed by atoms with van der Waals surface area (Å²) >= 11 is 0. The molecule has 2 N–H and O–H groups in total. The molecule has 0 bridgehead atoms. The topological polar surface area (TPSA) is 68.3 Å². The summed E-state index contributed by atoms with van der Waals surface area (Å²) in [5, 5.41) is 8.88. The molecular weight excluding hydrogens is 271 g/mol. The lowest BCUT2D eigenvalue weighted by Gasteiger charge is -2.19. The summed E-state index contributed by atoms with van der Waals surface area (Å²) in [6.45, 7) is 0.187. The van der Waals surface area contributed by atoms with Crippen molar-refractivity contribution >= 4 is 0 Å². The van der Waals surface area contributed by atoms with Crippen LogP contribution in [0, 0.1) is 17.1 Å². The summed E-state index contributed by atoms with van der Waals surface area (Å²) in [6, 6.07) is 13.0. The zero-order valence-corrected chi connectivity index (χ0v) is 11.5. The highest BCUT2D eigenvalue weighted by molar-refractivity contribution is 5.47. The molecule has 0 saturated carbocycles. The van der Waals surface area contributed by atoms with Gasteiger partial charge >= 0.3 is 0 Å². The molecule has 0 spiro atoms. The molecule has 2 rings (SSSR count). The van der Waals surface area contributed by atoms with Gasteiger partial charge < -0.3 is 15.2 Å². The smallest absolute Gasteiger partial charge is 0.162 e. The fourth-order valence-electron chi connectivity index (χ4n) is 1.95. The average molecular weight is 286 g/mol. The van der Waals surface area contributed by atoms with Crippen LogP contribution in [0.3, 0.4) is 0 Å². The Hall–Kier alpha value is -2.58. The Morgan fingerprint density at radius 3 is 2.67 bits per heavy atom. The van der Waals surface area contributed by atoms with Crippen molar-refractivity contribution in [1.82, 2.24) is 0 Å². The van der Waals surface area contributed by atoms with Crippen LogP contribution in [-0.2, 0) is 0 Å². The molecule has 5 heteroatoms. The van der Waals surface area contributed by atoms with Gasteiger partial charge in [-0.25, -0.2) is 4.39 Å². The first-order valence-corrected chi connectivity index (χ1v) is 6.38. The van der Waals surface area contributed by atoms with E-state index in [9.17, 15) is 4.39 Å². The van der Waals surface area contributed by atoms with Gasteiger partial charge in [0.2, 0.25) is 0 Å². The first-order valence-electron chi connectivity index (χ1n) is 6.38. The van der Waals surface area contributed by atoms with E-state index in [4.69, 9.17) is 20.5 Å². The van der Waals surface area contributed by atoms with Crippen LogP contribution < -0.4 is 15.2 Å². The summed E-state index contributed by atoms with van der Waals surface area (Å²) in [6.07, 6.45) is -0.498. The number of methoxy groups -OCH3 is 1. The van der Waals surface area contributed by atoms with E-state index in [-0.39, 0.29) is 12.4 Å². The number of halogens is 1. The van der Waals surface area contributed by atoms with Crippen LogP contribution in [0.25, 0.3) is 0 Å². The van der Waals surface area contributed by atoms with Crippen molar-refractivity contribution < 1.29 is 13.9 Å². The molecule has 0 amide bonds. The van der Waals surface area contributed by atoms with E-state index in [2.05, 4.69) is 0 Å². The lowest BCUT2D eigenvalue weighted by Crippen LogP contribution is -2.18. The molecule has 2 aromatic rings. The minimum atomic E-state index is -0.498. The summed E-state index contributed by atoms with van der Waals surface area (Å²) in [4.78, 5) is 0. The molecule has 4 nitrogen and oxygen atoms in total. The van der Waals surface area contributed by atoms with Gasteiger partial charge in [0.25, 0.3) is 0 Å². The summed E-state index contributed by atoms with van der Waals surface area (Å²) < 4.78 is 24.3. The van der Waals surface area contributed by atoms with Crippen LogP contribution in [0.4, 0.5) is 4.39 Å². The van der Waals surface area contributed by atoms with Gasteiger partial charge in [-0.15, -0.1) is 0 Å². The zero-order valence-electron chi connectivity index (χ0n) is 11.5. The molecule has 0 heterocycles. The minimum Gasteiger partial charge on any atom is -0.493 e. The molecular formula is C16H15FN2O2. The van der Waals surface area contributed by atoms with E-state index in [1.807, 2.05) is 6.07 Å². The molecule has 108 valence electrons. The summed E-state index contributed by atoms with van der Waals surface area (Å²) in [5.74, 6) is 0.543. The molecule has 21 heavy (non-hydrogen) atoms. The van der Waals surface area contributed by atoms with Crippen LogP contribution in [0.15, 0.2) is 42.5 Å². The fraction of sp³-hybridized carbons (Fsp3) is 0.188. The first-order chi connectivity index (χ1) is 10.2. The van der Waals surface area contributed by atoms with Crippen LogP contribution in [0.2, 0.25) is 0 Å². The van der Waals surface area contributed by atoms with E-state index >= 15 is 0 Å². The second-order valence-electron chi connectivity index (χ2n) is 4.37. The van der Waals surface area contributed by atoms with Crippen molar-refractivity contribution in [3.05, 3.63) is 59.4 Å². The monoisotopic (exact) mass is 286 g/mol. The lowest BCUT2D eigenvalue weighted by atomic mass is 10.1. The minimum absolute atomic E-state index is 0.187. The number of nitrogens with zero attached hydrogens (tertiary/aromatic N) is 1. The normalized spacial score (nSPS) is 11.5. The molecule has 1 atom stereocenters. The van der Waals surface area contributed by atoms with Crippen molar-refractivity contribution in [2.45, 2.75) is 6.10 Å². The van der Waals surface area contributed by atoms with E-state index in [0.717, 1.165) is 0 Å². The third-order valence-electron chi connectivity index (χ3n) is 3.00. The predicted molar refractivity (Wildman–Crippen MR) is 76.5 cm³/mol. The van der Waals surface area contributed by atoms with Gasteiger partial charge in [-0.2, -0.15) is 5.26 Å². The van der Waals surface area contributed by atoms with Gasteiger partial charge in [-0.1, -0.05) is 12.1 Å². The van der Waals surface area contributed by atoms with Gasteiger partial charge in [0.05, 0.1) is 18.7 Å². The third-order valence-corrected chi connectivity index (χ3v) is 3.00. The predicted octanol–water partition coefficient (Wildman–Crippen LogP) is 2.78. The Labute approximate surface area is 122 Å². The second-order valence-corrected chi connectivity index (χ2v) is 4.37. The third kappa shape index (κ3) is 3.50. The number of nitrogens with two attached hydrogens (primary N) is 1. The lowest BCUT2D eigenvalue weighted by molar-refractivity contribution is 0.204. The zero-order chi connectivity index (χ0) is 15.2. The average Bonchev–Trinajstić information content (AvgIpc) is 2.52. The van der Waals surface area contributed by atoms with E-state index in [1.54, 1.807) is 30.3 Å². The molecule has 1 unspecified atom stereocenters. The van der Waals surface area contributed by atoms with E-state index in [0.29, 0.717) is 22.6 Å². The highest BCUT2D eigenvalue weighted by atomic mass is 19.1. The van der Waals surface area contributed by atoms with Gasteiger partial charge in [-0.05, 0) is 29.8 Å².